The summed E-state index contributed by atoms with van der Waals surface area (Å²) in [5, 5.41) is 1.48. The molecule has 4 atom stereocenters. The Balaban J connectivity index is 1.60. The van der Waals surface area contributed by atoms with Crippen LogP contribution in [0.5, 0.6) is 0 Å². The van der Waals surface area contributed by atoms with Gasteiger partial charge in [-0.3, -0.25) is 0 Å². The van der Waals surface area contributed by atoms with E-state index in [2.05, 4.69) is 96.6 Å². The Morgan fingerprint density at radius 1 is 0.818 bits per heavy atom. The van der Waals surface area contributed by atoms with Crippen LogP contribution in [0.3, 0.4) is 0 Å². The van der Waals surface area contributed by atoms with E-state index in [1.54, 1.807) is 11.1 Å². The summed E-state index contributed by atoms with van der Waals surface area (Å²) in [6.45, 7) is 0. The van der Waals surface area contributed by atoms with Crippen LogP contribution in [0.4, 0.5) is 0 Å². The maximum Gasteiger partial charge on any atom is 0.0546 e. The van der Waals surface area contributed by atoms with E-state index in [0.29, 0.717) is 9.16 Å². The third kappa shape index (κ3) is 4.92. The fourth-order valence-corrected chi connectivity index (χ4v) is 10.3. The Morgan fingerprint density at radius 2 is 1.27 bits per heavy atom. The van der Waals surface area contributed by atoms with Gasteiger partial charge >= 0.3 is 0 Å². The Morgan fingerprint density at radius 3 is 1.64 bits per heavy atom. The van der Waals surface area contributed by atoms with Crippen LogP contribution in [-0.2, 0) is 12.8 Å². The van der Waals surface area contributed by atoms with Gasteiger partial charge in [-0.2, -0.15) is 25.3 Å². The zero-order valence-corrected chi connectivity index (χ0v) is 17.4. The van der Waals surface area contributed by atoms with Crippen molar-refractivity contribution in [3.63, 3.8) is 0 Å². The molecule has 0 radical (unpaired) electrons. The second kappa shape index (κ2) is 9.14. The van der Waals surface area contributed by atoms with Gasteiger partial charge in [0.1, 0.15) is 0 Å². The molecular weight excluding hydrogens is 385 g/mol. The van der Waals surface area contributed by atoms with E-state index >= 15 is 0 Å². The molecule has 3 rings (SSSR count). The fourth-order valence-electron chi connectivity index (χ4n) is 2.74. The van der Waals surface area contributed by atoms with E-state index in [9.17, 15) is 0 Å². The van der Waals surface area contributed by atoms with Gasteiger partial charge in [-0.15, -0.1) is 47.0 Å². The van der Waals surface area contributed by atoms with Gasteiger partial charge in [-0.25, -0.2) is 0 Å². The van der Waals surface area contributed by atoms with Gasteiger partial charge in [0.2, 0.25) is 0 Å². The quantitative estimate of drug-likeness (QED) is 0.639. The average molecular weight is 407 g/mol. The van der Waals surface area contributed by atoms with Crippen LogP contribution in [0.2, 0.25) is 0 Å². The lowest BCUT2D eigenvalue weighted by molar-refractivity contribution is 1.02. The van der Waals surface area contributed by atoms with Gasteiger partial charge in [0.05, 0.1) is 9.16 Å². The maximum atomic E-state index is 4.45. The summed E-state index contributed by atoms with van der Waals surface area (Å²) in [6, 6.07) is 9.07. The van der Waals surface area contributed by atoms with Gasteiger partial charge in [-0.1, -0.05) is 24.3 Å². The summed E-state index contributed by atoms with van der Waals surface area (Å²) in [6.07, 6.45) is 2.40. The first-order valence-electron chi connectivity index (χ1n) is 7.61. The van der Waals surface area contributed by atoms with Crippen LogP contribution in [0.25, 0.3) is 0 Å². The average Bonchev–Trinajstić information content (AvgIpc) is 3.18. The van der Waals surface area contributed by atoms with Crippen molar-refractivity contribution in [1.82, 2.24) is 0 Å². The van der Waals surface area contributed by atoms with E-state index in [1.807, 2.05) is 0 Å². The van der Waals surface area contributed by atoms with Crippen molar-refractivity contribution in [3.8, 4) is 0 Å². The SMILES string of the molecule is SCC1CSC(Cc2ccccc2CC2SCC(CS)S2)S1. The van der Waals surface area contributed by atoms with E-state index in [1.165, 1.54) is 24.3 Å². The van der Waals surface area contributed by atoms with E-state index in [-0.39, 0.29) is 0 Å². The molecule has 0 nitrogen and oxygen atoms in total. The van der Waals surface area contributed by atoms with Gasteiger partial charge < -0.3 is 0 Å². The zero-order valence-electron chi connectivity index (χ0n) is 12.4. The molecule has 22 heavy (non-hydrogen) atoms. The lowest BCUT2D eigenvalue weighted by Gasteiger charge is -2.16. The third-order valence-electron chi connectivity index (χ3n) is 3.92. The first-order chi connectivity index (χ1) is 10.8. The zero-order chi connectivity index (χ0) is 15.4. The van der Waals surface area contributed by atoms with Crippen molar-refractivity contribution in [2.75, 3.05) is 23.0 Å². The van der Waals surface area contributed by atoms with Crippen molar-refractivity contribution in [3.05, 3.63) is 35.4 Å². The topological polar surface area (TPSA) is 0 Å². The summed E-state index contributed by atoms with van der Waals surface area (Å²) < 4.78 is 1.43. The van der Waals surface area contributed by atoms with Crippen molar-refractivity contribution < 1.29 is 0 Å². The van der Waals surface area contributed by atoms with Crippen molar-refractivity contribution >= 4 is 72.3 Å². The summed E-state index contributed by atoms with van der Waals surface area (Å²) in [5.74, 6) is 4.55. The molecule has 2 aliphatic heterocycles. The summed E-state index contributed by atoms with van der Waals surface area (Å²) >= 11 is 17.4. The van der Waals surface area contributed by atoms with Crippen LogP contribution in [-0.4, -0.2) is 42.7 Å². The largest absolute Gasteiger partial charge is 0.178 e. The molecule has 0 spiro atoms. The molecule has 0 bridgehead atoms. The number of hydrogen-bond donors (Lipinski definition) is 2. The van der Waals surface area contributed by atoms with Gasteiger partial charge in [-0.05, 0) is 24.0 Å². The molecule has 0 N–H and O–H groups in total. The predicted molar refractivity (Wildman–Crippen MR) is 117 cm³/mol. The molecule has 4 unspecified atom stereocenters. The highest BCUT2D eigenvalue weighted by molar-refractivity contribution is 8.21. The smallest absolute Gasteiger partial charge is 0.0546 e. The molecule has 2 heterocycles. The molecular formula is C16H22S6. The van der Waals surface area contributed by atoms with E-state index in [4.69, 9.17) is 0 Å². The number of thiol groups is 2. The molecule has 2 saturated heterocycles. The molecule has 1 aromatic carbocycles. The first kappa shape index (κ1) is 18.1. The number of rotatable bonds is 6. The standard InChI is InChI=1S/C16H22S6/c17-7-13-9-19-15(21-13)5-11-3-1-2-4-12(11)6-16-20-10-14(8-18)22-16/h1-4,13-18H,5-10H2. The molecule has 0 aliphatic carbocycles. The lowest BCUT2D eigenvalue weighted by Crippen LogP contribution is -2.07. The number of thioether (sulfide) groups is 4. The Labute approximate surface area is 162 Å². The number of benzene rings is 1. The van der Waals surface area contributed by atoms with Crippen LogP contribution in [0, 0.1) is 0 Å². The van der Waals surface area contributed by atoms with Crippen molar-refractivity contribution in [2.45, 2.75) is 32.5 Å². The van der Waals surface area contributed by atoms with E-state index < -0.39 is 0 Å². The molecule has 2 fully saturated rings. The second-order valence-corrected chi connectivity index (χ2v) is 12.4. The molecule has 6 heteroatoms. The van der Waals surface area contributed by atoms with Gasteiger partial charge in [0, 0.05) is 33.5 Å². The fraction of sp³-hybridized carbons (Fsp3) is 0.625. The molecule has 0 amide bonds. The molecule has 1 aromatic rings. The van der Waals surface area contributed by atoms with Crippen molar-refractivity contribution in [2.24, 2.45) is 0 Å². The van der Waals surface area contributed by atoms with Crippen LogP contribution in [0.15, 0.2) is 24.3 Å². The highest BCUT2D eigenvalue weighted by atomic mass is 32.2. The number of hydrogen-bond acceptors (Lipinski definition) is 6. The summed E-state index contributed by atoms with van der Waals surface area (Å²) in [7, 11) is 0. The third-order valence-corrected chi connectivity index (χ3v) is 11.8. The Bertz CT molecular complexity index is 436. The predicted octanol–water partition coefficient (Wildman–Crippen LogP) is 4.98. The molecule has 2 aliphatic rings. The van der Waals surface area contributed by atoms with Gasteiger partial charge in [0.15, 0.2) is 0 Å². The summed E-state index contributed by atoms with van der Waals surface area (Å²) in [4.78, 5) is 0. The molecule has 122 valence electrons. The molecule has 0 aromatic heterocycles. The second-order valence-electron chi connectivity index (χ2n) is 5.58. The lowest BCUT2D eigenvalue weighted by atomic mass is 10.0. The Hall–Kier alpha value is 1.32. The minimum atomic E-state index is 0.715. The van der Waals surface area contributed by atoms with E-state index in [0.717, 1.165) is 22.0 Å². The maximum absolute atomic E-state index is 4.45. The van der Waals surface area contributed by atoms with Gasteiger partial charge in [0.25, 0.3) is 0 Å². The summed E-state index contributed by atoms with van der Waals surface area (Å²) in [5.41, 5.74) is 3.12. The highest BCUT2D eigenvalue weighted by Crippen LogP contribution is 2.42. The van der Waals surface area contributed by atoms with Crippen LogP contribution >= 0.6 is 72.3 Å². The molecule has 0 saturated carbocycles. The monoisotopic (exact) mass is 406 g/mol. The minimum Gasteiger partial charge on any atom is -0.178 e. The first-order valence-corrected chi connectivity index (χ1v) is 12.9. The van der Waals surface area contributed by atoms with Crippen molar-refractivity contribution in [1.29, 1.82) is 0 Å². The Kier molecular flexibility index (Phi) is 7.53. The normalized spacial score (nSPS) is 31.7. The van der Waals surface area contributed by atoms with Crippen LogP contribution in [0.1, 0.15) is 11.1 Å². The minimum absolute atomic E-state index is 0.715. The highest BCUT2D eigenvalue weighted by Gasteiger charge is 2.28. The van der Waals surface area contributed by atoms with Crippen LogP contribution < -0.4 is 0 Å².